The molecule has 1 aromatic rings. The minimum Gasteiger partial charge on any atom is -0.391 e. The summed E-state index contributed by atoms with van der Waals surface area (Å²) in [5, 5.41) is 13.2. The van der Waals surface area contributed by atoms with Crippen LogP contribution in [0.5, 0.6) is 0 Å². The van der Waals surface area contributed by atoms with Crippen molar-refractivity contribution in [1.29, 1.82) is 0 Å². The Kier molecular flexibility index (Phi) is 4.30. The molecule has 2 amide bonds. The van der Waals surface area contributed by atoms with Crippen molar-refractivity contribution in [1.82, 2.24) is 10.2 Å². The predicted octanol–water partition coefficient (Wildman–Crippen LogP) is 1.76. The highest BCUT2D eigenvalue weighted by atomic mass is 16.3. The van der Waals surface area contributed by atoms with Gasteiger partial charge in [0.15, 0.2) is 0 Å². The lowest BCUT2D eigenvalue weighted by Crippen LogP contribution is -2.48. The molecular weight excluding hydrogens is 328 g/mol. The number of nitrogens with one attached hydrogen (secondary N) is 1. The monoisotopic (exact) mass is 356 g/mol. The van der Waals surface area contributed by atoms with Gasteiger partial charge in [0, 0.05) is 20.0 Å². The molecule has 5 heteroatoms. The van der Waals surface area contributed by atoms with Gasteiger partial charge >= 0.3 is 0 Å². The average Bonchev–Trinajstić information content (AvgIpc) is 3.30. The third-order valence-corrected chi connectivity index (χ3v) is 6.58. The molecule has 2 saturated carbocycles. The third kappa shape index (κ3) is 3.02. The molecule has 0 radical (unpaired) electrons. The van der Waals surface area contributed by atoms with Gasteiger partial charge in [0.1, 0.15) is 0 Å². The van der Waals surface area contributed by atoms with E-state index in [9.17, 15) is 14.7 Å². The summed E-state index contributed by atoms with van der Waals surface area (Å²) >= 11 is 0. The van der Waals surface area contributed by atoms with Gasteiger partial charge in [-0.2, -0.15) is 0 Å². The van der Waals surface area contributed by atoms with Gasteiger partial charge in [0.25, 0.3) is 0 Å². The number of hydrogen-bond donors (Lipinski definition) is 2. The number of amides is 2. The summed E-state index contributed by atoms with van der Waals surface area (Å²) in [7, 11) is 0. The zero-order chi connectivity index (χ0) is 18.5. The Balaban J connectivity index is 1.46. The minimum absolute atomic E-state index is 0.102. The number of aliphatic hydroxyl groups is 1. The molecule has 3 fully saturated rings. The molecule has 0 unspecified atom stereocenters. The lowest BCUT2D eigenvalue weighted by atomic mass is 9.77. The quantitative estimate of drug-likeness (QED) is 0.867. The second kappa shape index (κ2) is 6.38. The maximum atomic E-state index is 13.3. The molecule has 0 aromatic heterocycles. The van der Waals surface area contributed by atoms with E-state index in [2.05, 4.69) is 36.5 Å². The molecule has 26 heavy (non-hydrogen) atoms. The van der Waals surface area contributed by atoms with Crippen molar-refractivity contribution >= 4 is 11.8 Å². The molecule has 1 aliphatic heterocycles. The number of benzene rings is 1. The number of aryl methyl sites for hydroxylation is 1. The molecule has 5 nitrogen and oxygen atoms in total. The smallest absolute Gasteiger partial charge is 0.233 e. The molecule has 0 spiro atoms. The summed E-state index contributed by atoms with van der Waals surface area (Å²) in [6, 6.07) is 8.18. The van der Waals surface area contributed by atoms with Crippen LogP contribution < -0.4 is 5.32 Å². The first-order valence-electron chi connectivity index (χ1n) is 9.71. The van der Waals surface area contributed by atoms with Gasteiger partial charge in [0.05, 0.1) is 17.6 Å². The standard InChI is InChI=1S/C21H28N2O3/c1-13-3-5-17(6-4-13)21(7-8-21)20(26)23-11-15-9-18(22-14(2)24)19(25)10-16(15)12-23/h3-6,15-16,18-19,25H,7-12H2,1-2H3,(H,22,24)/t15-,16+,18-,19-/m1/s1. The van der Waals surface area contributed by atoms with E-state index in [1.165, 1.54) is 12.5 Å². The first-order chi connectivity index (χ1) is 12.4. The van der Waals surface area contributed by atoms with E-state index in [1.807, 2.05) is 4.90 Å². The lowest BCUT2D eigenvalue weighted by Gasteiger charge is -2.35. The van der Waals surface area contributed by atoms with Crippen LogP contribution in [0.25, 0.3) is 0 Å². The zero-order valence-corrected chi connectivity index (χ0v) is 15.6. The SMILES string of the molecule is CC(=O)N[C@@H]1C[C@@H]2CN(C(=O)C3(c4ccc(C)cc4)CC3)C[C@@H]2C[C@H]1O. The Labute approximate surface area is 154 Å². The van der Waals surface area contributed by atoms with Crippen molar-refractivity contribution in [3.63, 3.8) is 0 Å². The molecule has 2 aliphatic carbocycles. The third-order valence-electron chi connectivity index (χ3n) is 6.58. The Hall–Kier alpha value is -1.88. The number of carbonyl (C=O) groups is 2. The Bertz CT molecular complexity index is 710. The average molecular weight is 356 g/mol. The Morgan fingerprint density at radius 2 is 1.73 bits per heavy atom. The van der Waals surface area contributed by atoms with Gasteiger partial charge in [-0.1, -0.05) is 29.8 Å². The van der Waals surface area contributed by atoms with Crippen LogP contribution in [0.2, 0.25) is 0 Å². The van der Waals surface area contributed by atoms with Crippen LogP contribution in [0.3, 0.4) is 0 Å². The van der Waals surface area contributed by atoms with Crippen molar-refractivity contribution in [2.75, 3.05) is 13.1 Å². The number of hydrogen-bond acceptors (Lipinski definition) is 3. The maximum absolute atomic E-state index is 13.3. The largest absolute Gasteiger partial charge is 0.391 e. The molecular formula is C21H28N2O3. The van der Waals surface area contributed by atoms with Crippen LogP contribution in [-0.2, 0) is 15.0 Å². The summed E-state index contributed by atoms with van der Waals surface area (Å²) in [5.74, 6) is 0.858. The summed E-state index contributed by atoms with van der Waals surface area (Å²) in [6.07, 6.45) is 2.77. The highest BCUT2D eigenvalue weighted by Crippen LogP contribution is 2.51. The minimum atomic E-state index is -0.512. The van der Waals surface area contributed by atoms with Crippen molar-refractivity contribution < 1.29 is 14.7 Å². The zero-order valence-electron chi connectivity index (χ0n) is 15.6. The van der Waals surface area contributed by atoms with E-state index in [-0.39, 0.29) is 23.3 Å². The van der Waals surface area contributed by atoms with Crippen molar-refractivity contribution in [2.45, 2.75) is 57.1 Å². The lowest BCUT2D eigenvalue weighted by molar-refractivity contribution is -0.133. The molecule has 0 bridgehead atoms. The van der Waals surface area contributed by atoms with Gasteiger partial charge < -0.3 is 15.3 Å². The van der Waals surface area contributed by atoms with Gasteiger partial charge in [-0.25, -0.2) is 0 Å². The second-order valence-electron chi connectivity index (χ2n) is 8.52. The van der Waals surface area contributed by atoms with E-state index in [0.29, 0.717) is 18.3 Å². The summed E-state index contributed by atoms with van der Waals surface area (Å²) in [6.45, 7) is 5.04. The van der Waals surface area contributed by atoms with Crippen molar-refractivity contribution in [3.8, 4) is 0 Å². The summed E-state index contributed by atoms with van der Waals surface area (Å²) < 4.78 is 0. The molecule has 2 N–H and O–H groups in total. The van der Waals surface area contributed by atoms with Gasteiger partial charge in [-0.15, -0.1) is 0 Å². The number of nitrogens with zero attached hydrogens (tertiary/aromatic N) is 1. The fraction of sp³-hybridized carbons (Fsp3) is 0.619. The number of aliphatic hydroxyl groups excluding tert-OH is 1. The van der Waals surface area contributed by atoms with E-state index >= 15 is 0 Å². The predicted molar refractivity (Wildman–Crippen MR) is 98.5 cm³/mol. The molecule has 4 atom stereocenters. The van der Waals surface area contributed by atoms with Crippen LogP contribution in [0.1, 0.15) is 43.7 Å². The number of fused-ring (bicyclic) bond motifs is 1. The van der Waals surface area contributed by atoms with Crippen LogP contribution in [-0.4, -0.2) is 47.1 Å². The molecule has 1 heterocycles. The summed E-state index contributed by atoms with van der Waals surface area (Å²) in [5.41, 5.74) is 2.03. The maximum Gasteiger partial charge on any atom is 0.233 e. The fourth-order valence-electron chi connectivity index (χ4n) is 4.94. The molecule has 1 aromatic carbocycles. The van der Waals surface area contributed by atoms with Gasteiger partial charge in [-0.05, 0) is 50.0 Å². The molecule has 3 aliphatic rings. The second-order valence-corrected chi connectivity index (χ2v) is 8.52. The highest BCUT2D eigenvalue weighted by molar-refractivity contribution is 5.91. The first-order valence-corrected chi connectivity index (χ1v) is 9.71. The molecule has 1 saturated heterocycles. The number of rotatable bonds is 3. The molecule has 4 rings (SSSR count). The van der Waals surface area contributed by atoms with E-state index in [1.54, 1.807) is 0 Å². The Morgan fingerprint density at radius 3 is 2.31 bits per heavy atom. The van der Waals surface area contributed by atoms with Crippen LogP contribution >= 0.6 is 0 Å². The van der Waals surface area contributed by atoms with E-state index in [0.717, 1.165) is 37.9 Å². The fourth-order valence-corrected chi connectivity index (χ4v) is 4.94. The highest BCUT2D eigenvalue weighted by Gasteiger charge is 2.55. The van der Waals surface area contributed by atoms with Gasteiger partial charge in [-0.3, -0.25) is 9.59 Å². The van der Waals surface area contributed by atoms with Crippen molar-refractivity contribution in [2.24, 2.45) is 11.8 Å². The molecule has 140 valence electrons. The normalized spacial score (nSPS) is 32.0. The van der Waals surface area contributed by atoms with E-state index in [4.69, 9.17) is 0 Å². The number of carbonyl (C=O) groups excluding carboxylic acids is 2. The number of likely N-dealkylation sites (tertiary alicyclic amines) is 1. The van der Waals surface area contributed by atoms with Crippen molar-refractivity contribution in [3.05, 3.63) is 35.4 Å². The van der Waals surface area contributed by atoms with Crippen LogP contribution in [0.15, 0.2) is 24.3 Å². The summed E-state index contributed by atoms with van der Waals surface area (Å²) in [4.78, 5) is 26.7. The van der Waals surface area contributed by atoms with E-state index < -0.39 is 6.10 Å². The van der Waals surface area contributed by atoms with Gasteiger partial charge in [0.2, 0.25) is 11.8 Å². The Morgan fingerprint density at radius 1 is 1.12 bits per heavy atom. The van der Waals surface area contributed by atoms with Crippen LogP contribution in [0.4, 0.5) is 0 Å². The van der Waals surface area contributed by atoms with Crippen LogP contribution in [0, 0.1) is 18.8 Å². The first kappa shape index (κ1) is 17.5. The topological polar surface area (TPSA) is 69.6 Å².